The van der Waals surface area contributed by atoms with Gasteiger partial charge in [0.05, 0.1) is 5.97 Å². The molecule has 0 atom stereocenters. The minimum absolute atomic E-state index is 0. The van der Waals surface area contributed by atoms with E-state index in [-0.39, 0.29) is 23.7 Å². The number of para-hydroxylation sites is 1. The quantitative estimate of drug-likeness (QED) is 0.529. The van der Waals surface area contributed by atoms with Gasteiger partial charge in [-0.25, -0.2) is 0 Å². The van der Waals surface area contributed by atoms with Crippen LogP contribution in [-0.4, -0.2) is 11.9 Å². The number of carbonyl (C=O) groups excluding carboxylic acids is 2. The van der Waals surface area contributed by atoms with Crippen LogP contribution in [-0.2, 0) is 4.79 Å². The molecule has 0 saturated heterocycles. The minimum atomic E-state index is -1.36. The molecule has 1 rings (SSSR count). The van der Waals surface area contributed by atoms with Crippen LogP contribution in [0.15, 0.2) is 24.3 Å². The number of hydrogen-bond acceptors (Lipinski definition) is 4. The second-order valence-corrected chi connectivity index (χ2v) is 2.38. The summed E-state index contributed by atoms with van der Waals surface area (Å²) in [5.41, 5.74) is -0.127. The number of esters is 1. The molecule has 0 aliphatic carbocycles. The number of hydrogen-bond donors (Lipinski definition) is 0. The molecule has 1 aromatic rings. The van der Waals surface area contributed by atoms with E-state index in [0.717, 1.165) is 0 Å². The minimum Gasteiger partial charge on any atom is -0.545 e. The Morgan fingerprint density at radius 3 is 2.36 bits per heavy atom. The molecule has 0 bridgehead atoms. The van der Waals surface area contributed by atoms with Gasteiger partial charge in [-0.3, -0.25) is 4.79 Å². The van der Waals surface area contributed by atoms with Crippen LogP contribution in [0.5, 0.6) is 5.75 Å². The molecule has 5 heteroatoms. The second-order valence-electron chi connectivity index (χ2n) is 2.38. The van der Waals surface area contributed by atoms with Gasteiger partial charge in [0.15, 0.2) is 0 Å². The number of carboxylic acid groups (broad SMARTS) is 1. The maximum absolute atomic E-state index is 10.6. The van der Waals surface area contributed by atoms with Crippen molar-refractivity contribution in [3.63, 3.8) is 0 Å². The van der Waals surface area contributed by atoms with Crippen molar-refractivity contribution in [3.8, 4) is 5.75 Å². The highest BCUT2D eigenvalue weighted by Crippen LogP contribution is 2.16. The predicted molar refractivity (Wildman–Crippen MR) is 49.3 cm³/mol. The van der Waals surface area contributed by atoms with Crippen molar-refractivity contribution in [1.29, 1.82) is 0 Å². The Balaban J connectivity index is 0.00000169. The fourth-order valence-electron chi connectivity index (χ4n) is 0.879. The molecule has 0 N–H and O–H groups in total. The molecule has 0 spiro atoms. The Kier molecular flexibility index (Phi) is 4.66. The van der Waals surface area contributed by atoms with Gasteiger partial charge in [-0.15, -0.1) is 12.4 Å². The van der Waals surface area contributed by atoms with Crippen LogP contribution in [0.3, 0.4) is 0 Å². The predicted octanol–water partition coefficient (Wildman–Crippen LogP) is 0.397. The molecular weight excluding hydrogens is 208 g/mol. The van der Waals surface area contributed by atoms with Gasteiger partial charge in [-0.05, 0) is 12.1 Å². The van der Waals surface area contributed by atoms with Gasteiger partial charge in [-0.2, -0.15) is 0 Å². The van der Waals surface area contributed by atoms with E-state index in [1.165, 1.54) is 25.1 Å². The second kappa shape index (κ2) is 5.24. The van der Waals surface area contributed by atoms with Gasteiger partial charge in [0.25, 0.3) is 0 Å². The highest BCUT2D eigenvalue weighted by Gasteiger charge is 2.04. The van der Waals surface area contributed by atoms with E-state index in [4.69, 9.17) is 0 Å². The topological polar surface area (TPSA) is 66.4 Å². The first-order chi connectivity index (χ1) is 6.11. The van der Waals surface area contributed by atoms with E-state index < -0.39 is 11.9 Å². The molecule has 0 radical (unpaired) electrons. The third-order valence-corrected chi connectivity index (χ3v) is 1.36. The Hall–Kier alpha value is -1.55. The van der Waals surface area contributed by atoms with Gasteiger partial charge < -0.3 is 14.6 Å². The summed E-state index contributed by atoms with van der Waals surface area (Å²) in [6, 6.07) is 5.81. The average Bonchev–Trinajstić information content (AvgIpc) is 2.03. The van der Waals surface area contributed by atoms with E-state index in [9.17, 15) is 14.7 Å². The maximum atomic E-state index is 10.6. The van der Waals surface area contributed by atoms with Crippen LogP contribution < -0.4 is 9.84 Å². The average molecular weight is 216 g/mol. The monoisotopic (exact) mass is 215 g/mol. The van der Waals surface area contributed by atoms with Crippen molar-refractivity contribution in [2.24, 2.45) is 0 Å². The summed E-state index contributed by atoms with van der Waals surface area (Å²) < 4.78 is 4.65. The lowest BCUT2D eigenvalue weighted by atomic mass is 10.2. The molecule has 4 nitrogen and oxygen atoms in total. The summed E-state index contributed by atoms with van der Waals surface area (Å²) in [4.78, 5) is 21.1. The molecule has 0 heterocycles. The third kappa shape index (κ3) is 3.06. The maximum Gasteiger partial charge on any atom is 0.308 e. The molecule has 0 unspecified atom stereocenters. The van der Waals surface area contributed by atoms with E-state index in [0.29, 0.717) is 0 Å². The van der Waals surface area contributed by atoms with Crippen molar-refractivity contribution in [3.05, 3.63) is 29.8 Å². The lowest BCUT2D eigenvalue weighted by Crippen LogP contribution is -2.23. The highest BCUT2D eigenvalue weighted by molar-refractivity contribution is 5.90. The van der Waals surface area contributed by atoms with E-state index in [1.807, 2.05) is 0 Å². The van der Waals surface area contributed by atoms with Gasteiger partial charge >= 0.3 is 5.97 Å². The first kappa shape index (κ1) is 12.4. The van der Waals surface area contributed by atoms with Crippen LogP contribution in [0, 0.1) is 0 Å². The SMILES string of the molecule is CC(=O)Oc1ccccc1C(=O)[O-].Cl. The van der Waals surface area contributed by atoms with Gasteiger partial charge in [0.1, 0.15) is 5.75 Å². The zero-order valence-electron chi connectivity index (χ0n) is 7.35. The third-order valence-electron chi connectivity index (χ3n) is 1.36. The van der Waals surface area contributed by atoms with E-state index in [2.05, 4.69) is 4.74 Å². The molecular formula is C9H8ClO4-. The van der Waals surface area contributed by atoms with Gasteiger partial charge in [0, 0.05) is 12.5 Å². The standard InChI is InChI=1S/C9H8O4.ClH/c1-6(10)13-8-5-3-2-4-7(8)9(11)12;/h2-5H,1H3,(H,11,12);1H/p-1. The molecule has 76 valence electrons. The molecule has 0 fully saturated rings. The molecule has 0 saturated carbocycles. The molecule has 14 heavy (non-hydrogen) atoms. The lowest BCUT2D eigenvalue weighted by molar-refractivity contribution is -0.255. The summed E-state index contributed by atoms with van der Waals surface area (Å²) in [6.45, 7) is 1.20. The van der Waals surface area contributed by atoms with Crippen molar-refractivity contribution in [1.82, 2.24) is 0 Å². The van der Waals surface area contributed by atoms with E-state index in [1.54, 1.807) is 6.07 Å². The molecule has 0 aliphatic rings. The smallest absolute Gasteiger partial charge is 0.308 e. The summed E-state index contributed by atoms with van der Waals surface area (Å²) in [5, 5.41) is 10.5. The molecule has 0 aromatic heterocycles. The number of benzene rings is 1. The van der Waals surface area contributed by atoms with Gasteiger partial charge in [0.2, 0.25) is 0 Å². The van der Waals surface area contributed by atoms with E-state index >= 15 is 0 Å². The Labute approximate surface area is 86.9 Å². The van der Waals surface area contributed by atoms with Crippen LogP contribution >= 0.6 is 12.4 Å². The van der Waals surface area contributed by atoms with Crippen LogP contribution in [0.4, 0.5) is 0 Å². The van der Waals surface area contributed by atoms with Crippen molar-refractivity contribution in [2.75, 3.05) is 0 Å². The number of carboxylic acids is 1. The number of rotatable bonds is 2. The zero-order valence-corrected chi connectivity index (χ0v) is 8.17. The highest BCUT2D eigenvalue weighted by atomic mass is 35.5. The Morgan fingerprint density at radius 2 is 1.86 bits per heavy atom. The lowest BCUT2D eigenvalue weighted by Gasteiger charge is -2.08. The fourth-order valence-corrected chi connectivity index (χ4v) is 0.879. The van der Waals surface area contributed by atoms with Crippen LogP contribution in [0.1, 0.15) is 17.3 Å². The number of aromatic carboxylic acids is 1. The molecule has 0 aliphatic heterocycles. The number of halogens is 1. The Morgan fingerprint density at radius 1 is 1.29 bits per heavy atom. The summed E-state index contributed by atoms with van der Waals surface area (Å²) in [7, 11) is 0. The molecule has 1 aromatic carbocycles. The summed E-state index contributed by atoms with van der Waals surface area (Å²) >= 11 is 0. The largest absolute Gasteiger partial charge is 0.545 e. The number of carbonyl (C=O) groups is 2. The van der Waals surface area contributed by atoms with Crippen molar-refractivity contribution >= 4 is 24.3 Å². The van der Waals surface area contributed by atoms with Crippen LogP contribution in [0.25, 0.3) is 0 Å². The summed E-state index contributed by atoms with van der Waals surface area (Å²) in [6.07, 6.45) is 0. The van der Waals surface area contributed by atoms with Crippen molar-refractivity contribution in [2.45, 2.75) is 6.92 Å². The molecule has 0 amide bonds. The number of ether oxygens (including phenoxy) is 1. The zero-order chi connectivity index (χ0) is 9.84. The van der Waals surface area contributed by atoms with Crippen LogP contribution in [0.2, 0.25) is 0 Å². The Bertz CT molecular complexity index is 348. The fraction of sp³-hybridized carbons (Fsp3) is 0.111. The van der Waals surface area contributed by atoms with Gasteiger partial charge in [-0.1, -0.05) is 12.1 Å². The first-order valence-corrected chi connectivity index (χ1v) is 3.60. The summed E-state index contributed by atoms with van der Waals surface area (Å²) in [5.74, 6) is -1.92. The normalized spacial score (nSPS) is 8.64. The first-order valence-electron chi connectivity index (χ1n) is 3.60. The van der Waals surface area contributed by atoms with Crippen molar-refractivity contribution < 1.29 is 19.4 Å².